The lowest BCUT2D eigenvalue weighted by Gasteiger charge is -2.28. The van der Waals surface area contributed by atoms with Crippen LogP contribution in [0.25, 0.3) is 0 Å². The summed E-state index contributed by atoms with van der Waals surface area (Å²) in [7, 11) is 0. The number of fused-ring (bicyclic) bond motifs is 1. The first-order valence-electron chi connectivity index (χ1n) is 5.23. The van der Waals surface area contributed by atoms with Gasteiger partial charge in [0.15, 0.2) is 5.69 Å². The van der Waals surface area contributed by atoms with Crippen LogP contribution in [0, 0.1) is 0 Å². The van der Waals surface area contributed by atoms with E-state index in [1.807, 2.05) is 6.07 Å². The van der Waals surface area contributed by atoms with Crippen molar-refractivity contribution in [3.8, 4) is 0 Å². The van der Waals surface area contributed by atoms with Crippen molar-refractivity contribution in [3.63, 3.8) is 0 Å². The van der Waals surface area contributed by atoms with Gasteiger partial charge in [-0.05, 0) is 23.7 Å². The highest BCUT2D eigenvalue weighted by Gasteiger charge is 2.28. The molecule has 0 unspecified atom stereocenters. The van der Waals surface area contributed by atoms with Crippen LogP contribution >= 0.6 is 11.5 Å². The van der Waals surface area contributed by atoms with Crippen LogP contribution in [0.5, 0.6) is 0 Å². The maximum atomic E-state index is 12.2. The summed E-state index contributed by atoms with van der Waals surface area (Å²) in [6.07, 6.45) is 0. The SMILES string of the molecule is O=C1CN(C(=O)c2csnn2)c2ccccc2N1. The van der Waals surface area contributed by atoms with Gasteiger partial charge in [-0.25, -0.2) is 0 Å². The van der Waals surface area contributed by atoms with Gasteiger partial charge in [0.2, 0.25) is 5.91 Å². The normalized spacial score (nSPS) is 14.0. The van der Waals surface area contributed by atoms with Crippen LogP contribution in [0.15, 0.2) is 29.6 Å². The predicted octanol–water partition coefficient (Wildman–Crippen LogP) is 1.14. The standard InChI is InChI=1S/C11H8N4O2S/c16-10-5-15(11(17)8-6-18-14-13-8)9-4-2-1-3-7(9)12-10/h1-4,6H,5H2,(H,12,16). The van der Waals surface area contributed by atoms with Gasteiger partial charge >= 0.3 is 0 Å². The molecule has 2 aromatic rings. The molecule has 1 aromatic heterocycles. The van der Waals surface area contributed by atoms with Crippen LogP contribution in [-0.4, -0.2) is 27.9 Å². The van der Waals surface area contributed by atoms with E-state index in [1.54, 1.807) is 23.6 Å². The zero-order chi connectivity index (χ0) is 12.5. The molecule has 0 spiro atoms. The first kappa shape index (κ1) is 10.8. The second-order valence-corrected chi connectivity index (χ2v) is 4.36. The molecule has 0 aliphatic carbocycles. The Morgan fingerprint density at radius 2 is 2.22 bits per heavy atom. The highest BCUT2D eigenvalue weighted by Crippen LogP contribution is 2.29. The average molecular weight is 260 g/mol. The van der Waals surface area contributed by atoms with Gasteiger partial charge < -0.3 is 5.32 Å². The van der Waals surface area contributed by atoms with Crippen LogP contribution < -0.4 is 10.2 Å². The highest BCUT2D eigenvalue weighted by molar-refractivity contribution is 7.03. The monoisotopic (exact) mass is 260 g/mol. The molecule has 1 aliphatic rings. The molecule has 1 aromatic carbocycles. The van der Waals surface area contributed by atoms with Crippen LogP contribution in [0.4, 0.5) is 11.4 Å². The molecule has 18 heavy (non-hydrogen) atoms. The van der Waals surface area contributed by atoms with Gasteiger partial charge in [0.05, 0.1) is 11.4 Å². The molecule has 0 radical (unpaired) electrons. The third kappa shape index (κ3) is 1.74. The molecule has 3 rings (SSSR count). The average Bonchev–Trinajstić information content (AvgIpc) is 2.90. The van der Waals surface area contributed by atoms with Crippen molar-refractivity contribution < 1.29 is 9.59 Å². The summed E-state index contributed by atoms with van der Waals surface area (Å²) in [6, 6.07) is 7.16. The Balaban J connectivity index is 2.03. The van der Waals surface area contributed by atoms with E-state index >= 15 is 0 Å². The Kier molecular flexibility index (Phi) is 2.52. The number of aromatic nitrogens is 2. The maximum absolute atomic E-state index is 12.2. The summed E-state index contributed by atoms with van der Waals surface area (Å²) >= 11 is 1.10. The summed E-state index contributed by atoms with van der Waals surface area (Å²) in [5, 5.41) is 8.03. The number of benzene rings is 1. The van der Waals surface area contributed by atoms with Gasteiger partial charge in [0, 0.05) is 5.38 Å². The second kappa shape index (κ2) is 4.19. The smallest absolute Gasteiger partial charge is 0.280 e. The van der Waals surface area contributed by atoms with Crippen molar-refractivity contribution >= 4 is 34.7 Å². The first-order valence-corrected chi connectivity index (χ1v) is 6.07. The summed E-state index contributed by atoms with van der Waals surface area (Å²) in [5.74, 6) is -0.531. The maximum Gasteiger partial charge on any atom is 0.280 e. The number of rotatable bonds is 1. The zero-order valence-electron chi connectivity index (χ0n) is 9.16. The van der Waals surface area contributed by atoms with E-state index in [9.17, 15) is 9.59 Å². The highest BCUT2D eigenvalue weighted by atomic mass is 32.1. The van der Waals surface area contributed by atoms with Crippen molar-refractivity contribution in [2.75, 3.05) is 16.8 Å². The lowest BCUT2D eigenvalue weighted by molar-refractivity contribution is -0.115. The van der Waals surface area contributed by atoms with Crippen molar-refractivity contribution in [1.29, 1.82) is 0 Å². The summed E-state index contributed by atoms with van der Waals surface area (Å²) < 4.78 is 3.66. The van der Waals surface area contributed by atoms with E-state index < -0.39 is 0 Å². The predicted molar refractivity (Wildman–Crippen MR) is 66.7 cm³/mol. The summed E-state index contributed by atoms with van der Waals surface area (Å²) in [5.41, 5.74) is 1.56. The van der Waals surface area contributed by atoms with Gasteiger partial charge in [-0.2, -0.15) is 0 Å². The molecule has 0 saturated heterocycles. The Morgan fingerprint density at radius 3 is 3.00 bits per heavy atom. The van der Waals surface area contributed by atoms with Crippen molar-refractivity contribution in [1.82, 2.24) is 9.59 Å². The Hall–Kier alpha value is -2.28. The lowest BCUT2D eigenvalue weighted by atomic mass is 10.2. The number of hydrogen-bond donors (Lipinski definition) is 1. The Labute approximate surface area is 106 Å². The van der Waals surface area contributed by atoms with Crippen molar-refractivity contribution in [2.24, 2.45) is 0 Å². The molecule has 1 aliphatic heterocycles. The van der Waals surface area contributed by atoms with Crippen LogP contribution in [-0.2, 0) is 4.79 Å². The van der Waals surface area contributed by atoms with Gasteiger partial charge in [0.1, 0.15) is 6.54 Å². The van der Waals surface area contributed by atoms with E-state index in [0.29, 0.717) is 11.4 Å². The Bertz CT molecular complexity index is 611. The number of anilines is 2. The van der Waals surface area contributed by atoms with E-state index in [2.05, 4.69) is 14.9 Å². The van der Waals surface area contributed by atoms with E-state index in [1.165, 1.54) is 4.90 Å². The molecule has 0 atom stereocenters. The fourth-order valence-corrected chi connectivity index (χ4v) is 2.24. The minimum Gasteiger partial charge on any atom is -0.323 e. The number of nitrogens with one attached hydrogen (secondary N) is 1. The molecule has 2 heterocycles. The Morgan fingerprint density at radius 1 is 1.39 bits per heavy atom. The largest absolute Gasteiger partial charge is 0.323 e. The third-order valence-electron chi connectivity index (χ3n) is 2.59. The fraction of sp³-hybridized carbons (Fsp3) is 0.0909. The topological polar surface area (TPSA) is 75.2 Å². The minimum absolute atomic E-state index is 0.00657. The quantitative estimate of drug-likeness (QED) is 0.834. The van der Waals surface area contributed by atoms with Gasteiger partial charge in [-0.3, -0.25) is 14.5 Å². The molecule has 0 saturated carbocycles. The van der Waals surface area contributed by atoms with Crippen LogP contribution in [0.3, 0.4) is 0 Å². The molecular formula is C11H8N4O2S. The number of hydrogen-bond acceptors (Lipinski definition) is 5. The van der Waals surface area contributed by atoms with Crippen LogP contribution in [0.2, 0.25) is 0 Å². The van der Waals surface area contributed by atoms with E-state index in [4.69, 9.17) is 0 Å². The number of amides is 2. The lowest BCUT2D eigenvalue weighted by Crippen LogP contribution is -2.42. The molecular weight excluding hydrogens is 252 g/mol. The number of nitrogens with zero attached hydrogens (tertiary/aromatic N) is 3. The fourth-order valence-electron chi connectivity index (χ4n) is 1.81. The number of carbonyl (C=O) groups excluding carboxylic acids is 2. The number of carbonyl (C=O) groups is 2. The second-order valence-electron chi connectivity index (χ2n) is 3.75. The molecule has 7 heteroatoms. The van der Waals surface area contributed by atoms with Crippen molar-refractivity contribution in [3.05, 3.63) is 35.3 Å². The first-order chi connectivity index (χ1) is 8.75. The molecule has 0 fully saturated rings. The third-order valence-corrected chi connectivity index (χ3v) is 3.10. The molecule has 90 valence electrons. The molecule has 1 N–H and O–H groups in total. The zero-order valence-corrected chi connectivity index (χ0v) is 9.98. The minimum atomic E-state index is -0.314. The molecule has 0 bridgehead atoms. The summed E-state index contributed by atoms with van der Waals surface area (Å²) in [4.78, 5) is 25.2. The molecule has 2 amide bonds. The van der Waals surface area contributed by atoms with Gasteiger partial charge in [-0.15, -0.1) is 5.10 Å². The summed E-state index contributed by atoms with van der Waals surface area (Å²) in [6.45, 7) is -0.00657. The number of para-hydroxylation sites is 2. The van der Waals surface area contributed by atoms with Crippen molar-refractivity contribution in [2.45, 2.75) is 0 Å². The van der Waals surface area contributed by atoms with E-state index in [0.717, 1.165) is 11.5 Å². The van der Waals surface area contributed by atoms with E-state index in [-0.39, 0.29) is 24.1 Å². The van der Waals surface area contributed by atoms with Gasteiger partial charge in [0.25, 0.3) is 5.91 Å². The van der Waals surface area contributed by atoms with Crippen LogP contribution in [0.1, 0.15) is 10.5 Å². The van der Waals surface area contributed by atoms with Gasteiger partial charge in [-0.1, -0.05) is 16.6 Å². The molecule has 6 nitrogen and oxygen atoms in total.